The molecule has 0 unspecified atom stereocenters. The van der Waals surface area contributed by atoms with E-state index in [4.69, 9.17) is 30.5 Å². The third kappa shape index (κ3) is 5.81. The first-order valence-electron chi connectivity index (χ1n) is 8.64. The fourth-order valence-electron chi connectivity index (χ4n) is 2.66. The first-order valence-corrected chi connectivity index (χ1v) is 9.02. The zero-order chi connectivity index (χ0) is 19.6. The van der Waals surface area contributed by atoms with E-state index in [0.29, 0.717) is 29.7 Å². The zero-order valence-electron chi connectivity index (χ0n) is 16.0. The molecule has 5 nitrogen and oxygen atoms in total. The molecule has 0 saturated heterocycles. The van der Waals surface area contributed by atoms with Crippen molar-refractivity contribution in [2.75, 3.05) is 34.5 Å². The fraction of sp³-hybridized carbons (Fsp3) is 0.333. The molecule has 0 aliphatic rings. The van der Waals surface area contributed by atoms with Gasteiger partial charge in [0, 0.05) is 6.54 Å². The highest BCUT2D eigenvalue weighted by Crippen LogP contribution is 2.36. The molecule has 146 valence electrons. The van der Waals surface area contributed by atoms with Crippen LogP contribution in [0.25, 0.3) is 0 Å². The van der Waals surface area contributed by atoms with E-state index < -0.39 is 0 Å². The molecule has 27 heavy (non-hydrogen) atoms. The van der Waals surface area contributed by atoms with Crippen LogP contribution in [0, 0.1) is 0 Å². The molecule has 2 aromatic carbocycles. The number of nitrogens with one attached hydrogen (secondary N) is 1. The Kier molecular flexibility index (Phi) is 8.30. The third-order valence-corrected chi connectivity index (χ3v) is 4.28. The molecule has 2 rings (SSSR count). The maximum Gasteiger partial charge on any atom is 0.180 e. The number of benzene rings is 2. The fourth-order valence-corrected chi connectivity index (χ4v) is 2.95. The second-order valence-electron chi connectivity index (χ2n) is 5.82. The number of methoxy groups -OCH3 is 3. The van der Waals surface area contributed by atoms with Crippen molar-refractivity contribution in [3.63, 3.8) is 0 Å². The Balaban J connectivity index is 1.93. The summed E-state index contributed by atoms with van der Waals surface area (Å²) in [6, 6.07) is 9.75. The van der Waals surface area contributed by atoms with Crippen molar-refractivity contribution < 1.29 is 18.9 Å². The van der Waals surface area contributed by atoms with Gasteiger partial charge in [0.1, 0.15) is 6.61 Å². The van der Waals surface area contributed by atoms with Gasteiger partial charge in [-0.25, -0.2) is 0 Å². The smallest absolute Gasteiger partial charge is 0.180 e. The van der Waals surface area contributed by atoms with Crippen LogP contribution in [0.1, 0.15) is 11.1 Å². The summed E-state index contributed by atoms with van der Waals surface area (Å²) in [4.78, 5) is 0. The quantitative estimate of drug-likeness (QED) is 0.458. The average molecular weight is 392 g/mol. The second-order valence-corrected chi connectivity index (χ2v) is 6.23. The van der Waals surface area contributed by atoms with Gasteiger partial charge in [-0.2, -0.15) is 0 Å². The van der Waals surface area contributed by atoms with E-state index in [1.165, 1.54) is 5.56 Å². The number of rotatable bonds is 11. The molecule has 0 fully saturated rings. The van der Waals surface area contributed by atoms with E-state index in [2.05, 4.69) is 11.9 Å². The summed E-state index contributed by atoms with van der Waals surface area (Å²) >= 11 is 6.33. The molecule has 1 N–H and O–H groups in total. The normalized spacial score (nSPS) is 10.4. The highest BCUT2D eigenvalue weighted by Gasteiger charge is 2.11. The Hall–Kier alpha value is -2.37. The molecule has 0 radical (unpaired) electrons. The van der Waals surface area contributed by atoms with Crippen molar-refractivity contribution in [1.82, 2.24) is 5.32 Å². The summed E-state index contributed by atoms with van der Waals surface area (Å²) in [7, 11) is 4.87. The molecule has 0 aliphatic heterocycles. The molecular weight excluding hydrogens is 366 g/mol. The Morgan fingerprint density at radius 1 is 0.963 bits per heavy atom. The lowest BCUT2D eigenvalue weighted by atomic mass is 10.1. The number of hydrogen-bond acceptors (Lipinski definition) is 5. The highest BCUT2D eigenvalue weighted by molar-refractivity contribution is 6.32. The number of halogens is 1. The first-order chi connectivity index (χ1) is 13.1. The van der Waals surface area contributed by atoms with Gasteiger partial charge in [0.15, 0.2) is 23.0 Å². The van der Waals surface area contributed by atoms with Gasteiger partial charge in [-0.1, -0.05) is 30.3 Å². The summed E-state index contributed by atoms with van der Waals surface area (Å²) < 4.78 is 21.6. The maximum absolute atomic E-state index is 6.33. The van der Waals surface area contributed by atoms with Crippen molar-refractivity contribution >= 4 is 11.6 Å². The van der Waals surface area contributed by atoms with Crippen molar-refractivity contribution in [2.45, 2.75) is 13.0 Å². The van der Waals surface area contributed by atoms with E-state index >= 15 is 0 Å². The van der Waals surface area contributed by atoms with Gasteiger partial charge in [0.05, 0.1) is 26.4 Å². The van der Waals surface area contributed by atoms with Gasteiger partial charge in [0.25, 0.3) is 0 Å². The summed E-state index contributed by atoms with van der Waals surface area (Å²) in [6.07, 6.45) is 2.53. The SMILES string of the molecule is C=CCOc1c(Cl)cc(CNCCc2ccc(OC)c(OC)c2)cc1OC. The Morgan fingerprint density at radius 3 is 2.33 bits per heavy atom. The summed E-state index contributed by atoms with van der Waals surface area (Å²) in [6.45, 7) is 5.50. The molecule has 0 bridgehead atoms. The minimum atomic E-state index is 0.374. The summed E-state index contributed by atoms with van der Waals surface area (Å²) in [5, 5.41) is 3.94. The lowest BCUT2D eigenvalue weighted by Crippen LogP contribution is -2.17. The first kappa shape index (κ1) is 20.9. The van der Waals surface area contributed by atoms with E-state index in [1.807, 2.05) is 30.3 Å². The molecule has 0 saturated carbocycles. The predicted molar refractivity (Wildman–Crippen MR) is 109 cm³/mol. The number of hydrogen-bond donors (Lipinski definition) is 1. The average Bonchev–Trinajstić information content (AvgIpc) is 2.69. The highest BCUT2D eigenvalue weighted by atomic mass is 35.5. The molecule has 2 aromatic rings. The van der Waals surface area contributed by atoms with Crippen LogP contribution >= 0.6 is 11.6 Å². The lowest BCUT2D eigenvalue weighted by molar-refractivity contribution is 0.326. The molecular formula is C21H26ClNO4. The molecule has 0 aromatic heterocycles. The second kappa shape index (κ2) is 10.7. The van der Waals surface area contributed by atoms with Crippen LogP contribution in [-0.4, -0.2) is 34.5 Å². The monoisotopic (exact) mass is 391 g/mol. The van der Waals surface area contributed by atoms with Crippen LogP contribution in [-0.2, 0) is 13.0 Å². The van der Waals surface area contributed by atoms with E-state index in [-0.39, 0.29) is 0 Å². The standard InChI is InChI=1S/C21H26ClNO4/c1-5-10-27-21-17(22)11-16(13-20(21)26-4)14-23-9-8-15-6-7-18(24-2)19(12-15)25-3/h5-7,11-13,23H,1,8-10,14H2,2-4H3. The minimum Gasteiger partial charge on any atom is -0.493 e. The van der Waals surface area contributed by atoms with E-state index in [0.717, 1.165) is 30.0 Å². The third-order valence-electron chi connectivity index (χ3n) is 4.00. The van der Waals surface area contributed by atoms with Gasteiger partial charge in [0.2, 0.25) is 0 Å². The molecule has 0 amide bonds. The van der Waals surface area contributed by atoms with Crippen LogP contribution in [0.3, 0.4) is 0 Å². The van der Waals surface area contributed by atoms with Crippen LogP contribution in [0.5, 0.6) is 23.0 Å². The number of ether oxygens (including phenoxy) is 4. The molecule has 0 aliphatic carbocycles. The van der Waals surface area contributed by atoms with Gasteiger partial charge in [-0.3, -0.25) is 0 Å². The molecule has 6 heteroatoms. The largest absolute Gasteiger partial charge is 0.493 e. The lowest BCUT2D eigenvalue weighted by Gasteiger charge is -2.14. The maximum atomic E-state index is 6.33. The molecule has 0 atom stereocenters. The van der Waals surface area contributed by atoms with Gasteiger partial charge in [-0.05, 0) is 48.4 Å². The van der Waals surface area contributed by atoms with Gasteiger partial charge < -0.3 is 24.3 Å². The minimum absolute atomic E-state index is 0.374. The zero-order valence-corrected chi connectivity index (χ0v) is 16.8. The van der Waals surface area contributed by atoms with Crippen molar-refractivity contribution in [1.29, 1.82) is 0 Å². The Labute approximate surface area is 165 Å². The van der Waals surface area contributed by atoms with E-state index in [9.17, 15) is 0 Å². The van der Waals surface area contributed by atoms with Gasteiger partial charge >= 0.3 is 0 Å². The summed E-state index contributed by atoms with van der Waals surface area (Å²) in [5.41, 5.74) is 2.19. The van der Waals surface area contributed by atoms with Crippen molar-refractivity contribution in [3.8, 4) is 23.0 Å². The van der Waals surface area contributed by atoms with Gasteiger partial charge in [-0.15, -0.1) is 0 Å². The van der Waals surface area contributed by atoms with Crippen LogP contribution in [0.4, 0.5) is 0 Å². The Bertz CT molecular complexity index is 764. The van der Waals surface area contributed by atoms with Crippen LogP contribution in [0.15, 0.2) is 43.0 Å². The van der Waals surface area contributed by atoms with Crippen LogP contribution in [0.2, 0.25) is 5.02 Å². The van der Waals surface area contributed by atoms with Crippen molar-refractivity contribution in [2.24, 2.45) is 0 Å². The van der Waals surface area contributed by atoms with Crippen LogP contribution < -0.4 is 24.3 Å². The van der Waals surface area contributed by atoms with E-state index in [1.54, 1.807) is 27.4 Å². The Morgan fingerprint density at radius 2 is 1.67 bits per heavy atom. The summed E-state index contributed by atoms with van der Waals surface area (Å²) in [5.74, 6) is 2.62. The molecule has 0 spiro atoms. The molecule has 0 heterocycles. The topological polar surface area (TPSA) is 49.0 Å². The predicted octanol–water partition coefficient (Wildman–Crippen LogP) is 4.26. The van der Waals surface area contributed by atoms with Crippen molar-refractivity contribution in [3.05, 3.63) is 59.1 Å².